The first kappa shape index (κ1) is 37.7. The van der Waals surface area contributed by atoms with Crippen molar-refractivity contribution in [2.75, 3.05) is 13.7 Å². The van der Waals surface area contributed by atoms with Crippen LogP contribution in [0.4, 0.5) is 0 Å². The first-order valence-corrected chi connectivity index (χ1v) is 18.9. The van der Waals surface area contributed by atoms with E-state index in [1.54, 1.807) is 0 Å². The highest BCUT2D eigenvalue weighted by Gasteiger charge is 2.48. The molecule has 9 heteroatoms. The van der Waals surface area contributed by atoms with Crippen LogP contribution in [-0.2, 0) is 19.1 Å². The summed E-state index contributed by atoms with van der Waals surface area (Å²) in [5, 5.41) is 5.57. The Morgan fingerprint density at radius 3 is 2.26 bits per heavy atom. The zero-order valence-electron chi connectivity index (χ0n) is 32.7. The largest absolute Gasteiger partial charge is 0.468 e. The first-order chi connectivity index (χ1) is 25.2. The average Bonchev–Trinajstić information content (AvgIpc) is 3.85. The molecule has 53 heavy (non-hydrogen) atoms. The molecule has 8 bridgehead atoms. The number of ketones is 1. The molecule has 0 radical (unpaired) electrons. The number of hydrogen-bond donors (Lipinski definition) is 4. The van der Waals surface area contributed by atoms with Gasteiger partial charge in [0.2, 0.25) is 0 Å². The molecule has 3 aromatic heterocycles. The number of carbonyl (C=O) groups excluding carboxylic acids is 3. The van der Waals surface area contributed by atoms with Gasteiger partial charge in [-0.15, -0.1) is 0 Å². The highest BCUT2D eigenvalue weighted by Crippen LogP contribution is 2.48. The molecule has 0 saturated carbocycles. The van der Waals surface area contributed by atoms with Gasteiger partial charge in [0.15, 0.2) is 5.78 Å². The highest BCUT2D eigenvalue weighted by molar-refractivity contribution is 6.24. The van der Waals surface area contributed by atoms with Crippen molar-refractivity contribution < 1.29 is 23.9 Å². The summed E-state index contributed by atoms with van der Waals surface area (Å²) in [6.07, 6.45) is 14.0. The molecule has 0 aromatic carbocycles. The summed E-state index contributed by atoms with van der Waals surface area (Å²) in [7, 11) is 1.31. The molecule has 280 valence electrons. The maximum atomic E-state index is 14.2. The smallest absolute Gasteiger partial charge is 0.321 e. The second-order valence-corrected chi connectivity index (χ2v) is 15.4. The number of esters is 2. The highest BCUT2D eigenvalue weighted by atomic mass is 16.5. The maximum absolute atomic E-state index is 14.2. The number of aromatic amines is 3. The Kier molecular flexibility index (Phi) is 10.8. The maximum Gasteiger partial charge on any atom is 0.321 e. The number of rotatable bonds is 11. The third-order valence-electron chi connectivity index (χ3n) is 11.6. The Bertz CT molecular complexity index is 2220. The van der Waals surface area contributed by atoms with Crippen LogP contribution in [0.15, 0.2) is 29.6 Å². The molecule has 0 amide bonds. The van der Waals surface area contributed by atoms with Gasteiger partial charge in [-0.05, 0) is 106 Å². The number of carbonyl (C=O) groups is 3. The standard InChI is InChI=1S/C44H54N4O5/c1-11-29-26(7)33-20-34-27(8)30(15-16-37(49)53-18-17-23(4)14-12-13-22(2)3)41(47-34)39-40(44(51)52-10)43(50)38-28(9)35(48-42(38)39)19-31-24(5)25(6)32(45-31)21-36(29)46-33/h11,17,19-22,27,30,40,45-48H,1,12-16,18H2,2-10H3/b23-17+,31-19-,32-21-,34-20-,41-39-/t27-,30-,40+/m0/s1. The minimum absolute atomic E-state index is 0.0821. The van der Waals surface area contributed by atoms with Crippen LogP contribution in [0, 0.1) is 51.4 Å². The first-order valence-electron chi connectivity index (χ1n) is 18.9. The molecular weight excluding hydrogens is 665 g/mol. The lowest BCUT2D eigenvalue weighted by atomic mass is 9.85. The van der Waals surface area contributed by atoms with Gasteiger partial charge >= 0.3 is 11.9 Å². The Hall–Kier alpha value is -5.05. The Labute approximate surface area is 312 Å². The minimum atomic E-state index is -1.14. The number of aromatic nitrogens is 3. The van der Waals surface area contributed by atoms with Crippen molar-refractivity contribution in [1.82, 2.24) is 20.3 Å². The van der Waals surface area contributed by atoms with Crippen LogP contribution in [0.5, 0.6) is 0 Å². The molecule has 1 saturated heterocycles. The molecule has 3 aliphatic rings. The van der Waals surface area contributed by atoms with Crippen molar-refractivity contribution in [2.24, 2.45) is 23.7 Å². The van der Waals surface area contributed by atoms with Gasteiger partial charge in [0, 0.05) is 74.1 Å². The van der Waals surface area contributed by atoms with Crippen LogP contribution in [-0.4, -0.2) is 46.4 Å². The van der Waals surface area contributed by atoms with E-state index in [-0.39, 0.29) is 36.6 Å². The zero-order valence-corrected chi connectivity index (χ0v) is 32.7. The lowest BCUT2D eigenvalue weighted by Gasteiger charge is -2.19. The van der Waals surface area contributed by atoms with Crippen LogP contribution >= 0.6 is 0 Å². The predicted molar refractivity (Wildman–Crippen MR) is 211 cm³/mol. The second kappa shape index (κ2) is 15.1. The summed E-state index contributed by atoms with van der Waals surface area (Å²) in [6.45, 7) is 21.2. The molecule has 1 fully saturated rings. The van der Waals surface area contributed by atoms with Gasteiger partial charge in [0.05, 0.1) is 12.8 Å². The van der Waals surface area contributed by atoms with E-state index in [9.17, 15) is 14.4 Å². The predicted octanol–water partition coefficient (Wildman–Crippen LogP) is 7.21. The van der Waals surface area contributed by atoms with Gasteiger partial charge in [-0.1, -0.05) is 45.4 Å². The molecule has 3 aromatic rings. The van der Waals surface area contributed by atoms with E-state index in [0.29, 0.717) is 29.2 Å². The van der Waals surface area contributed by atoms with Gasteiger partial charge in [-0.2, -0.15) is 0 Å². The summed E-state index contributed by atoms with van der Waals surface area (Å²) in [5.41, 5.74) is 12.2. The Balaban J connectivity index is 1.46. The third kappa shape index (κ3) is 7.06. The molecule has 4 N–H and O–H groups in total. The topological polar surface area (TPSA) is 129 Å². The van der Waals surface area contributed by atoms with E-state index in [1.807, 2.05) is 25.2 Å². The van der Waals surface area contributed by atoms with E-state index < -0.39 is 11.9 Å². The molecule has 6 rings (SSSR count). The van der Waals surface area contributed by atoms with Gasteiger partial charge in [-0.25, -0.2) is 0 Å². The van der Waals surface area contributed by atoms with Crippen molar-refractivity contribution in [3.05, 3.63) is 96.5 Å². The van der Waals surface area contributed by atoms with E-state index in [2.05, 4.69) is 87.5 Å². The Morgan fingerprint density at radius 2 is 1.60 bits per heavy atom. The van der Waals surface area contributed by atoms with Crippen molar-refractivity contribution in [1.29, 1.82) is 0 Å². The number of allylic oxidation sites excluding steroid dienone is 3. The number of ether oxygens (including phenoxy) is 2. The fourth-order valence-electron chi connectivity index (χ4n) is 8.14. The summed E-state index contributed by atoms with van der Waals surface area (Å²) < 4.78 is 10.9. The lowest BCUT2D eigenvalue weighted by molar-refractivity contribution is -0.143. The molecule has 2 aliphatic heterocycles. The second-order valence-electron chi connectivity index (χ2n) is 15.4. The third-order valence-corrected chi connectivity index (χ3v) is 11.6. The van der Waals surface area contributed by atoms with E-state index in [0.717, 1.165) is 79.8 Å². The summed E-state index contributed by atoms with van der Waals surface area (Å²) in [5.74, 6) is -1.96. The fraction of sp³-hybridized carbons (Fsp3) is 0.432. The van der Waals surface area contributed by atoms with Crippen LogP contribution in [0.25, 0.3) is 29.9 Å². The summed E-state index contributed by atoms with van der Waals surface area (Å²) >= 11 is 0. The molecule has 3 atom stereocenters. The van der Waals surface area contributed by atoms with Crippen LogP contribution < -0.4 is 16.0 Å². The number of methoxy groups -OCH3 is 1. The summed E-state index contributed by atoms with van der Waals surface area (Å²) in [4.78, 5) is 51.7. The zero-order chi connectivity index (χ0) is 38.3. The van der Waals surface area contributed by atoms with Crippen LogP contribution in [0.2, 0.25) is 0 Å². The Morgan fingerprint density at radius 1 is 0.925 bits per heavy atom. The van der Waals surface area contributed by atoms with Gasteiger partial charge in [0.1, 0.15) is 12.5 Å². The number of hydrogen-bond acceptors (Lipinski definition) is 6. The van der Waals surface area contributed by atoms with Gasteiger partial charge < -0.3 is 29.7 Å². The fourth-order valence-corrected chi connectivity index (χ4v) is 8.14. The molecule has 5 heterocycles. The van der Waals surface area contributed by atoms with Crippen LogP contribution in [0.3, 0.4) is 0 Å². The van der Waals surface area contributed by atoms with E-state index in [4.69, 9.17) is 9.47 Å². The van der Waals surface area contributed by atoms with Crippen molar-refractivity contribution in [3.63, 3.8) is 0 Å². The molecule has 0 unspecified atom stereocenters. The quantitative estimate of drug-likeness (QED) is 0.0943. The van der Waals surface area contributed by atoms with Crippen LogP contribution in [0.1, 0.15) is 121 Å². The minimum Gasteiger partial charge on any atom is -0.468 e. The molecule has 0 spiro atoms. The van der Waals surface area contributed by atoms with Crippen molar-refractivity contribution >= 4 is 47.6 Å². The SMILES string of the molecule is C=Cc1c2[nH]c(c1C)/C=C1\N/C(=C3\c4[nH]c(c(C)c4C(=O)[C@@H]3C(=O)OC)/C=c3\[nH]/c(c(C)c3C)=C\2)[C@@H](CCC(=O)OC/C=C(\C)CCCC(C)C)[C@@H]1C. The van der Waals surface area contributed by atoms with E-state index in [1.165, 1.54) is 19.1 Å². The molecule has 9 nitrogen and oxygen atoms in total. The lowest BCUT2D eigenvalue weighted by Crippen LogP contribution is -2.25. The van der Waals surface area contributed by atoms with Gasteiger partial charge in [-0.3, -0.25) is 14.4 Å². The van der Waals surface area contributed by atoms with Gasteiger partial charge in [0.25, 0.3) is 0 Å². The number of nitrogens with one attached hydrogen (secondary N) is 4. The molecular formula is C44H54N4O5. The normalized spacial score (nSPS) is 22.8. The molecule has 1 aliphatic carbocycles. The average molecular weight is 719 g/mol. The van der Waals surface area contributed by atoms with Crippen molar-refractivity contribution in [2.45, 2.75) is 87.5 Å². The number of H-pyrrole nitrogens is 3. The monoisotopic (exact) mass is 718 g/mol. The van der Waals surface area contributed by atoms with Crippen molar-refractivity contribution in [3.8, 4) is 0 Å². The van der Waals surface area contributed by atoms with E-state index >= 15 is 0 Å². The summed E-state index contributed by atoms with van der Waals surface area (Å²) in [6, 6.07) is 0. The number of Topliss-reactive ketones (excluding diaryl/α,β-unsaturated/α-hetero) is 1. The number of fused-ring (bicyclic) bond motifs is 7.